The van der Waals surface area contributed by atoms with Gasteiger partial charge in [0.15, 0.2) is 5.96 Å². The number of nitrogens with one attached hydrogen (secondary N) is 1. The molecule has 0 spiro atoms. The van der Waals surface area contributed by atoms with E-state index in [9.17, 15) is 8.42 Å². The van der Waals surface area contributed by atoms with E-state index < -0.39 is 10.0 Å². The monoisotopic (exact) mass is 412 g/mol. The normalized spacial score (nSPS) is 23.1. The predicted octanol–water partition coefficient (Wildman–Crippen LogP) is 0.429. The Hall–Kier alpha value is -1.65. The van der Waals surface area contributed by atoms with Crippen LogP contribution >= 0.6 is 0 Å². The molecule has 9 nitrogen and oxygen atoms in total. The summed E-state index contributed by atoms with van der Waals surface area (Å²) in [6.45, 7) is 8.12. The number of hydrogen-bond donors (Lipinski definition) is 1. The van der Waals surface area contributed by atoms with Crippen molar-refractivity contribution in [1.29, 1.82) is 0 Å². The van der Waals surface area contributed by atoms with Crippen LogP contribution in [0, 0.1) is 5.92 Å². The lowest BCUT2D eigenvalue weighted by atomic mass is 9.99. The lowest BCUT2D eigenvalue weighted by Crippen LogP contribution is -2.54. The standard InChI is InChI=1S/C18H32N6O3S/c1-3-19-18(20-13-16-5-4-7-22(2)14-16)23-8-10-24(11-9-23)28(25,26)15-17-6-12-27-21-17/h6,12,16H,3-5,7-11,13-15H2,1-2H3,(H,19,20). The molecule has 10 heteroatoms. The molecule has 2 fully saturated rings. The number of aliphatic imine (C=N–C) groups is 1. The number of aromatic nitrogens is 1. The molecule has 0 saturated carbocycles. The molecule has 0 bridgehead atoms. The van der Waals surface area contributed by atoms with Crippen molar-refractivity contribution < 1.29 is 12.9 Å². The Balaban J connectivity index is 1.55. The van der Waals surface area contributed by atoms with Crippen molar-refractivity contribution in [3.63, 3.8) is 0 Å². The summed E-state index contributed by atoms with van der Waals surface area (Å²) >= 11 is 0. The van der Waals surface area contributed by atoms with Crippen LogP contribution in [0.15, 0.2) is 21.8 Å². The van der Waals surface area contributed by atoms with Crippen molar-refractivity contribution in [2.75, 3.05) is 59.4 Å². The van der Waals surface area contributed by atoms with Crippen molar-refractivity contribution in [3.8, 4) is 0 Å². The zero-order valence-electron chi connectivity index (χ0n) is 16.9. The van der Waals surface area contributed by atoms with Gasteiger partial charge >= 0.3 is 0 Å². The number of likely N-dealkylation sites (tertiary alicyclic amines) is 1. The molecule has 2 aliphatic rings. The van der Waals surface area contributed by atoms with Gasteiger partial charge in [-0.25, -0.2) is 8.42 Å². The number of nitrogens with zero attached hydrogens (tertiary/aromatic N) is 5. The average molecular weight is 413 g/mol. The Morgan fingerprint density at radius 2 is 2.11 bits per heavy atom. The summed E-state index contributed by atoms with van der Waals surface area (Å²) in [5.74, 6) is 1.37. The van der Waals surface area contributed by atoms with Gasteiger partial charge in [0, 0.05) is 51.9 Å². The molecule has 0 aromatic carbocycles. The SMILES string of the molecule is CCNC(=NCC1CCCN(C)C1)N1CCN(S(=O)(=O)Cc2ccon2)CC1. The molecule has 0 radical (unpaired) electrons. The Kier molecular flexibility index (Phi) is 7.30. The van der Waals surface area contributed by atoms with Gasteiger partial charge in [0.05, 0.1) is 5.69 Å². The molecular weight excluding hydrogens is 380 g/mol. The minimum absolute atomic E-state index is 0.118. The van der Waals surface area contributed by atoms with Crippen molar-refractivity contribution in [1.82, 2.24) is 24.6 Å². The first-order valence-corrected chi connectivity index (χ1v) is 11.7. The van der Waals surface area contributed by atoms with Gasteiger partial charge in [-0.15, -0.1) is 0 Å². The molecule has 1 N–H and O–H groups in total. The topological polar surface area (TPSA) is 94.3 Å². The fourth-order valence-electron chi connectivity index (χ4n) is 3.83. The molecule has 0 aliphatic carbocycles. The third-order valence-corrected chi connectivity index (χ3v) is 7.12. The molecule has 2 aliphatic heterocycles. The highest BCUT2D eigenvalue weighted by atomic mass is 32.2. The van der Waals surface area contributed by atoms with Crippen molar-refractivity contribution in [3.05, 3.63) is 18.0 Å². The maximum absolute atomic E-state index is 12.6. The van der Waals surface area contributed by atoms with Crippen LogP contribution in [0.2, 0.25) is 0 Å². The van der Waals surface area contributed by atoms with Gasteiger partial charge in [0.2, 0.25) is 10.0 Å². The molecule has 1 aromatic heterocycles. The van der Waals surface area contributed by atoms with E-state index in [0.717, 1.165) is 25.6 Å². The molecule has 1 atom stereocenters. The lowest BCUT2D eigenvalue weighted by molar-refractivity contribution is 0.213. The first-order chi connectivity index (χ1) is 13.5. The summed E-state index contributed by atoms with van der Waals surface area (Å²) in [6.07, 6.45) is 3.85. The van der Waals surface area contributed by atoms with E-state index in [4.69, 9.17) is 9.52 Å². The predicted molar refractivity (Wildman–Crippen MR) is 108 cm³/mol. The number of rotatable bonds is 6. The van der Waals surface area contributed by atoms with Crippen LogP contribution in [-0.2, 0) is 15.8 Å². The maximum atomic E-state index is 12.6. The minimum Gasteiger partial charge on any atom is -0.364 e. The van der Waals surface area contributed by atoms with E-state index in [1.807, 2.05) is 0 Å². The number of piperazine rings is 1. The van der Waals surface area contributed by atoms with E-state index in [1.165, 1.54) is 30.0 Å². The van der Waals surface area contributed by atoms with Crippen LogP contribution in [-0.4, -0.2) is 93.0 Å². The van der Waals surface area contributed by atoms with Crippen LogP contribution in [0.4, 0.5) is 0 Å². The zero-order valence-corrected chi connectivity index (χ0v) is 17.7. The van der Waals surface area contributed by atoms with Crippen molar-refractivity contribution >= 4 is 16.0 Å². The summed E-state index contributed by atoms with van der Waals surface area (Å²) in [4.78, 5) is 9.39. The molecule has 1 aromatic rings. The Morgan fingerprint density at radius 1 is 1.32 bits per heavy atom. The number of guanidine groups is 1. The van der Waals surface area contributed by atoms with Gasteiger partial charge in [-0.05, 0) is 39.3 Å². The molecule has 158 valence electrons. The van der Waals surface area contributed by atoms with Gasteiger partial charge in [-0.3, -0.25) is 4.99 Å². The third-order valence-electron chi connectivity index (χ3n) is 5.31. The average Bonchev–Trinajstić information content (AvgIpc) is 3.17. The van der Waals surface area contributed by atoms with Crippen molar-refractivity contribution in [2.24, 2.45) is 10.9 Å². The second-order valence-corrected chi connectivity index (χ2v) is 9.57. The highest BCUT2D eigenvalue weighted by molar-refractivity contribution is 7.88. The van der Waals surface area contributed by atoms with E-state index in [0.29, 0.717) is 37.8 Å². The smallest absolute Gasteiger partial charge is 0.220 e. The Morgan fingerprint density at radius 3 is 2.75 bits per heavy atom. The summed E-state index contributed by atoms with van der Waals surface area (Å²) < 4.78 is 31.5. The molecule has 2 saturated heterocycles. The van der Waals surface area contributed by atoms with E-state index in [1.54, 1.807) is 6.07 Å². The highest BCUT2D eigenvalue weighted by Crippen LogP contribution is 2.16. The molecule has 0 amide bonds. The summed E-state index contributed by atoms with van der Waals surface area (Å²) in [5.41, 5.74) is 0.440. The first-order valence-electron chi connectivity index (χ1n) is 10.1. The first kappa shape index (κ1) is 21.1. The minimum atomic E-state index is -3.38. The quantitative estimate of drug-likeness (QED) is 0.535. The van der Waals surface area contributed by atoms with E-state index in [2.05, 4.69) is 34.2 Å². The molecule has 1 unspecified atom stereocenters. The number of hydrogen-bond acceptors (Lipinski definition) is 6. The van der Waals surface area contributed by atoms with Crippen LogP contribution in [0.3, 0.4) is 0 Å². The summed E-state index contributed by atoms with van der Waals surface area (Å²) in [6, 6.07) is 1.59. The van der Waals surface area contributed by atoms with E-state index >= 15 is 0 Å². The molecular formula is C18H32N6O3S. The van der Waals surface area contributed by atoms with E-state index in [-0.39, 0.29) is 5.75 Å². The second kappa shape index (κ2) is 9.71. The van der Waals surface area contributed by atoms with Gasteiger partial charge in [0.1, 0.15) is 12.0 Å². The van der Waals surface area contributed by atoms with Crippen LogP contribution in [0.5, 0.6) is 0 Å². The van der Waals surface area contributed by atoms with Crippen molar-refractivity contribution in [2.45, 2.75) is 25.5 Å². The highest BCUT2D eigenvalue weighted by Gasteiger charge is 2.29. The third kappa shape index (κ3) is 5.68. The largest absolute Gasteiger partial charge is 0.364 e. The zero-order chi connectivity index (χ0) is 20.0. The lowest BCUT2D eigenvalue weighted by Gasteiger charge is -2.36. The van der Waals surface area contributed by atoms with Gasteiger partial charge in [0.25, 0.3) is 0 Å². The molecule has 28 heavy (non-hydrogen) atoms. The second-order valence-electron chi connectivity index (χ2n) is 7.60. The van der Waals surface area contributed by atoms with Gasteiger partial charge in [-0.2, -0.15) is 4.31 Å². The Labute approximate surface area is 167 Å². The number of piperidine rings is 1. The summed E-state index contributed by atoms with van der Waals surface area (Å²) in [5, 5.41) is 7.08. The van der Waals surface area contributed by atoms with Crippen LogP contribution in [0.1, 0.15) is 25.5 Å². The van der Waals surface area contributed by atoms with Crippen LogP contribution < -0.4 is 5.32 Å². The van der Waals surface area contributed by atoms with Gasteiger partial charge in [-0.1, -0.05) is 5.16 Å². The fraction of sp³-hybridized carbons (Fsp3) is 0.778. The maximum Gasteiger partial charge on any atom is 0.220 e. The molecule has 3 heterocycles. The Bertz CT molecular complexity index is 729. The summed E-state index contributed by atoms with van der Waals surface area (Å²) in [7, 11) is -1.22. The number of sulfonamides is 1. The van der Waals surface area contributed by atoms with Gasteiger partial charge < -0.3 is 19.6 Å². The van der Waals surface area contributed by atoms with Crippen LogP contribution in [0.25, 0.3) is 0 Å². The fourth-order valence-corrected chi connectivity index (χ4v) is 5.26. The molecule has 3 rings (SSSR count).